The summed E-state index contributed by atoms with van der Waals surface area (Å²) >= 11 is 5.81. The molecular formula is C18H14ClFN2O2. The Hall–Kier alpha value is -2.66. The lowest BCUT2D eigenvalue weighted by Gasteiger charge is -2.15. The molecule has 0 saturated heterocycles. The molecule has 0 saturated carbocycles. The van der Waals surface area contributed by atoms with Crippen LogP contribution >= 0.6 is 11.6 Å². The highest BCUT2D eigenvalue weighted by atomic mass is 35.5. The predicted molar refractivity (Wildman–Crippen MR) is 93.0 cm³/mol. The Balaban J connectivity index is 1.96. The van der Waals surface area contributed by atoms with Crippen LogP contribution in [0, 0.1) is 12.7 Å². The van der Waals surface area contributed by atoms with E-state index >= 15 is 0 Å². The summed E-state index contributed by atoms with van der Waals surface area (Å²) in [7, 11) is 0. The van der Waals surface area contributed by atoms with Crippen molar-refractivity contribution in [2.75, 3.05) is 5.32 Å². The van der Waals surface area contributed by atoms with Crippen LogP contribution in [0.2, 0.25) is 5.02 Å². The fraction of sp³-hybridized carbons (Fsp3) is 0.111. The van der Waals surface area contributed by atoms with Crippen LogP contribution < -0.4 is 10.7 Å². The second-order valence-corrected chi connectivity index (χ2v) is 5.86. The highest BCUT2D eigenvalue weighted by Gasteiger charge is 2.13. The maximum atomic E-state index is 14.2. The van der Waals surface area contributed by atoms with Gasteiger partial charge in [0.25, 0.3) is 0 Å². The van der Waals surface area contributed by atoms with E-state index in [0.717, 1.165) is 0 Å². The van der Waals surface area contributed by atoms with Gasteiger partial charge in [0.2, 0.25) is 5.91 Å². The van der Waals surface area contributed by atoms with Crippen molar-refractivity contribution >= 4 is 34.1 Å². The van der Waals surface area contributed by atoms with Crippen molar-refractivity contribution in [2.45, 2.75) is 13.5 Å². The second kappa shape index (κ2) is 6.45. The molecule has 0 aliphatic carbocycles. The number of aryl methyl sites for hydroxylation is 1. The summed E-state index contributed by atoms with van der Waals surface area (Å²) in [6.45, 7) is 1.56. The first kappa shape index (κ1) is 16.2. The zero-order chi connectivity index (χ0) is 17.3. The Morgan fingerprint density at radius 1 is 1.21 bits per heavy atom. The minimum absolute atomic E-state index is 0.105. The van der Waals surface area contributed by atoms with Gasteiger partial charge in [0, 0.05) is 27.9 Å². The number of aromatic nitrogens is 1. The van der Waals surface area contributed by atoms with E-state index in [9.17, 15) is 14.0 Å². The van der Waals surface area contributed by atoms with Crippen molar-refractivity contribution < 1.29 is 9.18 Å². The van der Waals surface area contributed by atoms with E-state index in [0.29, 0.717) is 16.4 Å². The number of hydrogen-bond acceptors (Lipinski definition) is 2. The summed E-state index contributed by atoms with van der Waals surface area (Å²) in [6, 6.07) is 12.4. The molecule has 0 unspecified atom stereocenters. The van der Waals surface area contributed by atoms with Crippen molar-refractivity contribution in [1.29, 1.82) is 0 Å². The summed E-state index contributed by atoms with van der Waals surface area (Å²) in [5, 5.41) is 3.54. The SMILES string of the molecule is Cc1cc(=O)c2cccc(F)c2n1CC(=O)Nc1ccc(Cl)cc1. The first-order chi connectivity index (χ1) is 11.5. The molecule has 0 atom stereocenters. The zero-order valence-electron chi connectivity index (χ0n) is 12.8. The van der Waals surface area contributed by atoms with E-state index in [1.165, 1.54) is 22.8 Å². The van der Waals surface area contributed by atoms with Gasteiger partial charge in [-0.2, -0.15) is 0 Å². The smallest absolute Gasteiger partial charge is 0.244 e. The Labute approximate surface area is 142 Å². The molecule has 1 aromatic heterocycles. The van der Waals surface area contributed by atoms with Crippen molar-refractivity contribution in [3.05, 3.63) is 75.3 Å². The van der Waals surface area contributed by atoms with E-state index in [1.54, 1.807) is 37.3 Å². The first-order valence-electron chi connectivity index (χ1n) is 7.30. The number of benzene rings is 2. The highest BCUT2D eigenvalue weighted by Crippen LogP contribution is 2.18. The normalized spacial score (nSPS) is 10.8. The predicted octanol–water partition coefficient (Wildman–Crippen LogP) is 3.74. The molecule has 1 N–H and O–H groups in total. The summed E-state index contributed by atoms with van der Waals surface area (Å²) in [6.07, 6.45) is 0. The lowest BCUT2D eigenvalue weighted by Crippen LogP contribution is -2.22. The van der Waals surface area contributed by atoms with Gasteiger partial charge >= 0.3 is 0 Å². The summed E-state index contributed by atoms with van der Waals surface area (Å²) in [5.41, 5.74) is 0.974. The molecule has 1 amide bonds. The standard InChI is InChI=1S/C18H14ClFN2O2/c1-11-9-16(23)14-3-2-4-15(20)18(14)22(11)10-17(24)21-13-7-5-12(19)6-8-13/h2-9H,10H2,1H3,(H,21,24). The number of halogens is 2. The Morgan fingerprint density at radius 3 is 2.62 bits per heavy atom. The number of carbonyl (C=O) groups excluding carboxylic acids is 1. The molecule has 1 heterocycles. The first-order valence-corrected chi connectivity index (χ1v) is 7.67. The molecule has 3 rings (SSSR count). The third kappa shape index (κ3) is 3.16. The van der Waals surface area contributed by atoms with E-state index in [4.69, 9.17) is 11.6 Å². The molecule has 4 nitrogen and oxygen atoms in total. The van der Waals surface area contributed by atoms with Gasteiger partial charge in [-0.25, -0.2) is 4.39 Å². The highest BCUT2D eigenvalue weighted by molar-refractivity contribution is 6.30. The number of para-hydroxylation sites is 1. The molecule has 0 spiro atoms. The van der Waals surface area contributed by atoms with Gasteiger partial charge in [0.05, 0.1) is 5.52 Å². The average Bonchev–Trinajstić information content (AvgIpc) is 2.54. The number of nitrogens with zero attached hydrogens (tertiary/aromatic N) is 1. The third-order valence-electron chi connectivity index (χ3n) is 3.72. The number of hydrogen-bond donors (Lipinski definition) is 1. The van der Waals surface area contributed by atoms with Gasteiger partial charge in [-0.15, -0.1) is 0 Å². The minimum atomic E-state index is -0.535. The fourth-order valence-corrected chi connectivity index (χ4v) is 2.72. The van der Waals surface area contributed by atoms with Crippen LogP contribution in [0.3, 0.4) is 0 Å². The third-order valence-corrected chi connectivity index (χ3v) is 3.97. The molecule has 0 fully saturated rings. The quantitative estimate of drug-likeness (QED) is 0.787. The number of anilines is 1. The molecule has 6 heteroatoms. The molecule has 24 heavy (non-hydrogen) atoms. The molecule has 0 radical (unpaired) electrons. The van der Waals surface area contributed by atoms with Crippen LogP contribution in [0.4, 0.5) is 10.1 Å². The van der Waals surface area contributed by atoms with Gasteiger partial charge in [0.15, 0.2) is 5.43 Å². The van der Waals surface area contributed by atoms with Crippen LogP contribution in [0.25, 0.3) is 10.9 Å². The molecule has 0 aliphatic rings. The molecule has 2 aromatic carbocycles. The summed E-state index contributed by atoms with van der Waals surface area (Å²) in [5.74, 6) is -0.860. The van der Waals surface area contributed by atoms with E-state index in [-0.39, 0.29) is 28.8 Å². The molecule has 0 aliphatic heterocycles. The van der Waals surface area contributed by atoms with Gasteiger partial charge in [-0.05, 0) is 43.3 Å². The summed E-state index contributed by atoms with van der Waals surface area (Å²) in [4.78, 5) is 24.3. The van der Waals surface area contributed by atoms with Crippen molar-refractivity contribution in [1.82, 2.24) is 4.57 Å². The number of rotatable bonds is 3. The monoisotopic (exact) mass is 344 g/mol. The van der Waals surface area contributed by atoms with Crippen molar-refractivity contribution in [2.24, 2.45) is 0 Å². The van der Waals surface area contributed by atoms with Crippen molar-refractivity contribution in [3.8, 4) is 0 Å². The second-order valence-electron chi connectivity index (χ2n) is 5.43. The lowest BCUT2D eigenvalue weighted by atomic mass is 10.1. The van der Waals surface area contributed by atoms with Crippen LogP contribution in [0.15, 0.2) is 53.3 Å². The number of pyridine rings is 1. The van der Waals surface area contributed by atoms with Crippen LogP contribution in [0.1, 0.15) is 5.69 Å². The number of carbonyl (C=O) groups is 1. The summed E-state index contributed by atoms with van der Waals surface area (Å²) < 4.78 is 15.7. The van der Waals surface area contributed by atoms with Crippen LogP contribution in [-0.2, 0) is 11.3 Å². The van der Waals surface area contributed by atoms with Gasteiger partial charge in [-0.1, -0.05) is 17.7 Å². The molecular weight excluding hydrogens is 331 g/mol. The Kier molecular flexibility index (Phi) is 4.36. The Bertz CT molecular complexity index is 981. The minimum Gasteiger partial charge on any atom is -0.333 e. The Morgan fingerprint density at radius 2 is 1.92 bits per heavy atom. The van der Waals surface area contributed by atoms with E-state index in [2.05, 4.69) is 5.32 Å². The van der Waals surface area contributed by atoms with Gasteiger partial charge in [0.1, 0.15) is 12.4 Å². The van der Waals surface area contributed by atoms with Gasteiger partial charge in [-0.3, -0.25) is 9.59 Å². The van der Waals surface area contributed by atoms with Crippen molar-refractivity contribution in [3.63, 3.8) is 0 Å². The number of amides is 1. The van der Waals surface area contributed by atoms with E-state index in [1.807, 2.05) is 0 Å². The zero-order valence-corrected chi connectivity index (χ0v) is 13.6. The lowest BCUT2D eigenvalue weighted by molar-refractivity contribution is -0.116. The average molecular weight is 345 g/mol. The van der Waals surface area contributed by atoms with E-state index < -0.39 is 5.82 Å². The van der Waals surface area contributed by atoms with Crippen LogP contribution in [-0.4, -0.2) is 10.5 Å². The molecule has 3 aromatic rings. The van der Waals surface area contributed by atoms with Gasteiger partial charge < -0.3 is 9.88 Å². The molecule has 0 bridgehead atoms. The topological polar surface area (TPSA) is 51.1 Å². The fourth-order valence-electron chi connectivity index (χ4n) is 2.59. The number of fused-ring (bicyclic) bond motifs is 1. The van der Waals surface area contributed by atoms with Crippen LogP contribution in [0.5, 0.6) is 0 Å². The largest absolute Gasteiger partial charge is 0.333 e. The maximum absolute atomic E-state index is 14.2. The maximum Gasteiger partial charge on any atom is 0.244 e. The number of nitrogens with one attached hydrogen (secondary N) is 1. The molecule has 122 valence electrons.